The van der Waals surface area contributed by atoms with Gasteiger partial charge in [0.2, 0.25) is 5.91 Å². The molecule has 1 amide bonds. The summed E-state index contributed by atoms with van der Waals surface area (Å²) in [6, 6.07) is 12.6. The van der Waals surface area contributed by atoms with Gasteiger partial charge in [-0.2, -0.15) is 0 Å². The summed E-state index contributed by atoms with van der Waals surface area (Å²) in [5, 5.41) is 4.50. The highest BCUT2D eigenvalue weighted by atomic mass is 35.5. The zero-order valence-electron chi connectivity index (χ0n) is 16.3. The number of benzene rings is 2. The summed E-state index contributed by atoms with van der Waals surface area (Å²) in [5.74, 6) is -0.0682. The van der Waals surface area contributed by atoms with Crippen molar-refractivity contribution in [3.8, 4) is 0 Å². The molecule has 3 aromatic rings. The molecule has 0 saturated carbocycles. The zero-order valence-corrected chi connectivity index (χ0v) is 17.8. The van der Waals surface area contributed by atoms with E-state index < -0.39 is 0 Å². The van der Waals surface area contributed by atoms with Crippen molar-refractivity contribution in [2.24, 2.45) is 0 Å². The number of aryl methyl sites for hydroxylation is 1. The monoisotopic (exact) mass is 431 g/mol. The second-order valence-electron chi connectivity index (χ2n) is 6.52. The second kappa shape index (κ2) is 9.91. The number of hydrogen-bond acceptors (Lipinski definition) is 5. The number of nitrogens with one attached hydrogen (secondary N) is 1. The number of hydrogen-bond donors (Lipinski definition) is 1. The Hall–Kier alpha value is -2.35. The lowest BCUT2D eigenvalue weighted by Crippen LogP contribution is -2.25. The molecule has 0 spiro atoms. The third kappa shape index (κ3) is 5.38. The first-order valence-electron chi connectivity index (χ1n) is 9.17. The van der Waals surface area contributed by atoms with Gasteiger partial charge in [0.1, 0.15) is 0 Å². The lowest BCUT2D eigenvalue weighted by atomic mass is 10.2. The minimum absolute atomic E-state index is 0.111. The number of ether oxygens (including phenoxy) is 1. The van der Waals surface area contributed by atoms with E-state index in [9.17, 15) is 9.59 Å². The third-order valence-electron chi connectivity index (χ3n) is 4.34. The van der Waals surface area contributed by atoms with Gasteiger partial charge in [0, 0.05) is 31.0 Å². The predicted octanol–water partition coefficient (Wildman–Crippen LogP) is 4.13. The molecule has 0 saturated heterocycles. The number of carbonyl (C=O) groups is 1. The molecule has 3 rings (SSSR count). The van der Waals surface area contributed by atoms with Gasteiger partial charge >= 0.3 is 0 Å². The third-order valence-corrected chi connectivity index (χ3v) is 5.73. The fourth-order valence-corrected chi connectivity index (χ4v) is 3.83. The first kappa shape index (κ1) is 21.4. The van der Waals surface area contributed by atoms with E-state index in [1.54, 1.807) is 35.9 Å². The molecule has 6 nitrogen and oxygen atoms in total. The van der Waals surface area contributed by atoms with Gasteiger partial charge in [-0.15, -0.1) is 0 Å². The molecule has 0 fully saturated rings. The number of anilines is 1. The Bertz CT molecular complexity index is 1080. The number of amides is 1. The number of rotatable bonds is 8. The summed E-state index contributed by atoms with van der Waals surface area (Å²) in [4.78, 5) is 29.9. The Morgan fingerprint density at radius 3 is 2.83 bits per heavy atom. The molecule has 2 aromatic carbocycles. The maximum Gasteiger partial charge on any atom is 0.262 e. The molecular formula is C21H22ClN3O3S. The summed E-state index contributed by atoms with van der Waals surface area (Å²) < 4.78 is 6.71. The summed E-state index contributed by atoms with van der Waals surface area (Å²) in [7, 11) is 1.62. The van der Waals surface area contributed by atoms with Crippen molar-refractivity contribution in [2.45, 2.75) is 25.0 Å². The quantitative estimate of drug-likeness (QED) is 0.330. The Morgan fingerprint density at radius 1 is 1.28 bits per heavy atom. The molecule has 152 valence electrons. The number of carbonyl (C=O) groups excluding carboxylic acids is 1. The van der Waals surface area contributed by atoms with Crippen molar-refractivity contribution >= 4 is 45.9 Å². The van der Waals surface area contributed by atoms with E-state index in [2.05, 4.69) is 10.3 Å². The topological polar surface area (TPSA) is 73.2 Å². The fraction of sp³-hybridized carbons (Fsp3) is 0.286. The molecule has 0 radical (unpaired) electrons. The van der Waals surface area contributed by atoms with Crippen molar-refractivity contribution < 1.29 is 9.53 Å². The molecule has 0 aliphatic carbocycles. The van der Waals surface area contributed by atoms with E-state index in [1.165, 1.54) is 11.8 Å². The maximum absolute atomic E-state index is 12.9. The average molecular weight is 432 g/mol. The van der Waals surface area contributed by atoms with Crippen LogP contribution in [0.15, 0.2) is 52.4 Å². The van der Waals surface area contributed by atoms with Crippen LogP contribution in [0, 0.1) is 6.92 Å². The Labute approximate surface area is 178 Å². The molecule has 0 aliphatic heterocycles. The lowest BCUT2D eigenvalue weighted by Gasteiger charge is -2.13. The standard InChI is InChI=1S/C21H22ClN3O3S/c1-14-8-9-15(12-17(14)22)23-19(26)13-29-21-24-18-7-4-3-6-16(18)20(27)25(21)10-5-11-28-2/h3-4,6-9,12H,5,10-11,13H2,1-2H3,(H,23,26). The minimum Gasteiger partial charge on any atom is -0.385 e. The van der Waals surface area contributed by atoms with E-state index in [4.69, 9.17) is 16.3 Å². The summed E-state index contributed by atoms with van der Waals surface area (Å²) in [5.41, 5.74) is 2.09. The molecule has 0 atom stereocenters. The van der Waals surface area contributed by atoms with Gasteiger partial charge in [-0.3, -0.25) is 14.2 Å². The summed E-state index contributed by atoms with van der Waals surface area (Å²) >= 11 is 7.34. The first-order chi connectivity index (χ1) is 14.0. The van der Waals surface area contributed by atoms with E-state index in [1.807, 2.05) is 25.1 Å². The molecule has 0 bridgehead atoms. The summed E-state index contributed by atoms with van der Waals surface area (Å²) in [6.07, 6.45) is 0.679. The maximum atomic E-state index is 12.9. The highest BCUT2D eigenvalue weighted by Gasteiger charge is 2.13. The van der Waals surface area contributed by atoms with Crippen LogP contribution in [0.4, 0.5) is 5.69 Å². The van der Waals surface area contributed by atoms with Crippen molar-refractivity contribution in [3.63, 3.8) is 0 Å². The number of halogens is 1. The number of methoxy groups -OCH3 is 1. The SMILES string of the molecule is COCCCn1c(SCC(=O)Nc2ccc(C)c(Cl)c2)nc2ccccc2c1=O. The molecule has 1 N–H and O–H groups in total. The van der Waals surface area contributed by atoms with E-state index in [0.717, 1.165) is 5.56 Å². The van der Waals surface area contributed by atoms with Crippen LogP contribution in [0.3, 0.4) is 0 Å². The number of thioether (sulfide) groups is 1. The van der Waals surface area contributed by atoms with Crippen LogP contribution in [0.1, 0.15) is 12.0 Å². The van der Waals surface area contributed by atoms with Crippen LogP contribution < -0.4 is 10.9 Å². The molecule has 1 heterocycles. The Balaban J connectivity index is 1.78. The van der Waals surface area contributed by atoms with Crippen molar-refractivity contribution in [1.82, 2.24) is 9.55 Å². The van der Waals surface area contributed by atoms with Gasteiger partial charge in [-0.05, 0) is 43.2 Å². The number of aromatic nitrogens is 2. The zero-order chi connectivity index (χ0) is 20.8. The molecule has 1 aromatic heterocycles. The second-order valence-corrected chi connectivity index (χ2v) is 7.87. The van der Waals surface area contributed by atoms with Gasteiger partial charge in [0.25, 0.3) is 5.56 Å². The van der Waals surface area contributed by atoms with E-state index >= 15 is 0 Å². The highest BCUT2D eigenvalue weighted by Crippen LogP contribution is 2.21. The lowest BCUT2D eigenvalue weighted by molar-refractivity contribution is -0.113. The van der Waals surface area contributed by atoms with Gasteiger partial charge < -0.3 is 10.1 Å². The Morgan fingerprint density at radius 2 is 2.07 bits per heavy atom. The van der Waals surface area contributed by atoms with Crippen LogP contribution in [0.25, 0.3) is 10.9 Å². The van der Waals surface area contributed by atoms with Crippen molar-refractivity contribution in [1.29, 1.82) is 0 Å². The minimum atomic E-state index is -0.194. The summed E-state index contributed by atoms with van der Waals surface area (Å²) in [6.45, 7) is 2.91. The largest absolute Gasteiger partial charge is 0.385 e. The number of fused-ring (bicyclic) bond motifs is 1. The predicted molar refractivity (Wildman–Crippen MR) is 118 cm³/mol. The average Bonchev–Trinajstić information content (AvgIpc) is 2.71. The number of para-hydroxylation sites is 1. The normalized spacial score (nSPS) is 11.0. The highest BCUT2D eigenvalue weighted by molar-refractivity contribution is 7.99. The molecule has 8 heteroatoms. The first-order valence-corrected chi connectivity index (χ1v) is 10.5. The number of nitrogens with zero attached hydrogens (tertiary/aromatic N) is 2. The Kier molecular flexibility index (Phi) is 7.30. The van der Waals surface area contributed by atoms with Crippen LogP contribution in [0.2, 0.25) is 5.02 Å². The van der Waals surface area contributed by atoms with E-state index in [-0.39, 0.29) is 17.2 Å². The molecule has 0 unspecified atom stereocenters. The van der Waals surface area contributed by atoms with Crippen LogP contribution >= 0.6 is 23.4 Å². The molecular weight excluding hydrogens is 410 g/mol. The van der Waals surface area contributed by atoms with Crippen LogP contribution in [-0.2, 0) is 16.1 Å². The smallest absolute Gasteiger partial charge is 0.262 e. The van der Waals surface area contributed by atoms with Gasteiger partial charge in [-0.25, -0.2) is 4.98 Å². The molecule has 0 aliphatic rings. The fourth-order valence-electron chi connectivity index (χ4n) is 2.82. The van der Waals surface area contributed by atoms with Gasteiger partial charge in [-0.1, -0.05) is 41.6 Å². The van der Waals surface area contributed by atoms with Crippen molar-refractivity contribution in [3.05, 3.63) is 63.4 Å². The van der Waals surface area contributed by atoms with Gasteiger partial charge in [0.05, 0.1) is 16.7 Å². The molecule has 29 heavy (non-hydrogen) atoms. The van der Waals surface area contributed by atoms with Crippen LogP contribution in [0.5, 0.6) is 0 Å². The van der Waals surface area contributed by atoms with Crippen molar-refractivity contribution in [2.75, 3.05) is 24.8 Å². The van der Waals surface area contributed by atoms with Gasteiger partial charge in [0.15, 0.2) is 5.16 Å². The van der Waals surface area contributed by atoms with Crippen LogP contribution in [-0.4, -0.2) is 34.9 Å². The van der Waals surface area contributed by atoms with E-state index in [0.29, 0.717) is 46.3 Å².